The van der Waals surface area contributed by atoms with Gasteiger partial charge in [-0.15, -0.1) is 10.2 Å². The third kappa shape index (κ3) is 5.14. The molecular weight excluding hydrogens is 446 g/mol. The van der Waals surface area contributed by atoms with E-state index in [0.29, 0.717) is 16.0 Å². The molecule has 1 fully saturated rings. The number of hydrogen-bond donors (Lipinski definition) is 1. The summed E-state index contributed by atoms with van der Waals surface area (Å²) in [6.07, 6.45) is 0.154. The molecule has 0 unspecified atom stereocenters. The average molecular weight is 468 g/mol. The normalized spacial score (nSPS) is 15.6. The predicted molar refractivity (Wildman–Crippen MR) is 126 cm³/mol. The summed E-state index contributed by atoms with van der Waals surface area (Å²) in [7, 11) is 1.73. The Morgan fingerprint density at radius 2 is 1.81 bits per heavy atom. The molecule has 1 aromatic heterocycles. The van der Waals surface area contributed by atoms with Gasteiger partial charge in [0.05, 0.1) is 11.7 Å². The van der Waals surface area contributed by atoms with Crippen molar-refractivity contribution in [3.63, 3.8) is 0 Å². The molecule has 8 nitrogen and oxygen atoms in total. The fourth-order valence-electron chi connectivity index (χ4n) is 3.28. The van der Waals surface area contributed by atoms with E-state index in [-0.39, 0.29) is 29.9 Å². The first kappa shape index (κ1) is 22.0. The van der Waals surface area contributed by atoms with E-state index in [0.717, 1.165) is 11.4 Å². The standard InChI is InChI=1S/C22H21N5O3S2/c1-26(16-8-4-2-5-9-16)19(29)14-31-22-25-24-21(32-22)23-20(30)15-12-18(28)27(13-15)17-10-6-3-7-11-17/h2-11,15H,12-14H2,1H3,(H,23,24,30)/t15-/m1/s1. The number of hydrogen-bond acceptors (Lipinski definition) is 7. The Morgan fingerprint density at radius 3 is 2.53 bits per heavy atom. The number of rotatable bonds is 7. The molecular formula is C22H21N5O3S2. The van der Waals surface area contributed by atoms with E-state index in [4.69, 9.17) is 0 Å². The number of benzene rings is 2. The zero-order chi connectivity index (χ0) is 22.5. The number of carbonyl (C=O) groups excluding carboxylic acids is 3. The van der Waals surface area contributed by atoms with Gasteiger partial charge in [0.15, 0.2) is 4.34 Å². The van der Waals surface area contributed by atoms with Crippen LogP contribution in [0.2, 0.25) is 0 Å². The molecule has 0 radical (unpaired) electrons. The molecule has 2 heterocycles. The molecule has 10 heteroatoms. The van der Waals surface area contributed by atoms with Gasteiger partial charge in [-0.05, 0) is 24.3 Å². The van der Waals surface area contributed by atoms with Crippen molar-refractivity contribution in [1.29, 1.82) is 0 Å². The Balaban J connectivity index is 1.29. The molecule has 1 aliphatic heterocycles. The van der Waals surface area contributed by atoms with Gasteiger partial charge in [-0.3, -0.25) is 14.4 Å². The molecule has 0 aliphatic carbocycles. The Hall–Kier alpha value is -3.24. The maximum absolute atomic E-state index is 12.6. The van der Waals surface area contributed by atoms with Crippen LogP contribution in [0.15, 0.2) is 65.0 Å². The summed E-state index contributed by atoms with van der Waals surface area (Å²) < 4.78 is 0.587. The topological polar surface area (TPSA) is 95.5 Å². The summed E-state index contributed by atoms with van der Waals surface area (Å²) >= 11 is 2.48. The molecule has 1 atom stereocenters. The average Bonchev–Trinajstić information content (AvgIpc) is 3.44. The maximum atomic E-state index is 12.6. The predicted octanol–water partition coefficient (Wildman–Crippen LogP) is 3.28. The van der Waals surface area contributed by atoms with E-state index in [1.807, 2.05) is 60.7 Å². The van der Waals surface area contributed by atoms with Gasteiger partial charge in [0, 0.05) is 31.4 Å². The highest BCUT2D eigenvalue weighted by molar-refractivity contribution is 8.01. The molecule has 0 bridgehead atoms. The van der Waals surface area contributed by atoms with Crippen LogP contribution >= 0.6 is 23.1 Å². The second-order valence-electron chi connectivity index (χ2n) is 7.18. The third-order valence-corrected chi connectivity index (χ3v) is 6.99. The number of carbonyl (C=O) groups is 3. The van der Waals surface area contributed by atoms with Crippen LogP contribution in [-0.2, 0) is 14.4 Å². The van der Waals surface area contributed by atoms with E-state index >= 15 is 0 Å². The number of thioether (sulfide) groups is 1. The number of anilines is 3. The summed E-state index contributed by atoms with van der Waals surface area (Å²) in [5, 5.41) is 11.1. The molecule has 1 aliphatic rings. The molecule has 3 amide bonds. The Morgan fingerprint density at radius 1 is 1.12 bits per heavy atom. The van der Waals surface area contributed by atoms with Gasteiger partial charge in [-0.25, -0.2) is 0 Å². The number of nitrogens with one attached hydrogen (secondary N) is 1. The van der Waals surface area contributed by atoms with Crippen LogP contribution in [0.3, 0.4) is 0 Å². The highest BCUT2D eigenvalue weighted by Gasteiger charge is 2.35. The van der Waals surface area contributed by atoms with Crippen molar-refractivity contribution >= 4 is 57.3 Å². The van der Waals surface area contributed by atoms with Crippen molar-refractivity contribution in [2.75, 3.05) is 34.5 Å². The van der Waals surface area contributed by atoms with Crippen LogP contribution < -0.4 is 15.1 Å². The van der Waals surface area contributed by atoms with E-state index < -0.39 is 5.92 Å². The number of aromatic nitrogens is 2. The van der Waals surface area contributed by atoms with Crippen molar-refractivity contribution in [2.45, 2.75) is 10.8 Å². The lowest BCUT2D eigenvalue weighted by molar-refractivity contribution is -0.122. The largest absolute Gasteiger partial charge is 0.315 e. The van der Waals surface area contributed by atoms with Crippen LogP contribution in [0.4, 0.5) is 16.5 Å². The molecule has 3 aromatic rings. The van der Waals surface area contributed by atoms with Gasteiger partial charge in [-0.2, -0.15) is 0 Å². The second kappa shape index (κ2) is 9.92. The van der Waals surface area contributed by atoms with Crippen molar-refractivity contribution in [3.05, 3.63) is 60.7 Å². The summed E-state index contributed by atoms with van der Waals surface area (Å²) in [5.74, 6) is -0.650. The van der Waals surface area contributed by atoms with Crippen molar-refractivity contribution in [1.82, 2.24) is 10.2 Å². The highest BCUT2D eigenvalue weighted by Crippen LogP contribution is 2.29. The van der Waals surface area contributed by atoms with Crippen LogP contribution in [0.1, 0.15) is 6.42 Å². The summed E-state index contributed by atoms with van der Waals surface area (Å²) in [6.45, 7) is 0.329. The lowest BCUT2D eigenvalue weighted by Gasteiger charge is -2.16. The number of nitrogens with zero attached hydrogens (tertiary/aromatic N) is 4. The molecule has 0 spiro atoms. The zero-order valence-electron chi connectivity index (χ0n) is 17.3. The van der Waals surface area contributed by atoms with Gasteiger partial charge in [0.2, 0.25) is 22.9 Å². The maximum Gasteiger partial charge on any atom is 0.237 e. The van der Waals surface area contributed by atoms with Crippen LogP contribution in [0.25, 0.3) is 0 Å². The van der Waals surface area contributed by atoms with E-state index in [1.54, 1.807) is 16.8 Å². The zero-order valence-corrected chi connectivity index (χ0v) is 18.9. The third-order valence-electron chi connectivity index (χ3n) is 5.04. The Bertz CT molecular complexity index is 1110. The van der Waals surface area contributed by atoms with E-state index in [1.165, 1.54) is 23.1 Å². The Labute approximate surface area is 193 Å². The first-order valence-corrected chi connectivity index (χ1v) is 11.8. The monoisotopic (exact) mass is 467 g/mol. The number of para-hydroxylation sites is 2. The first-order valence-electron chi connectivity index (χ1n) is 9.95. The second-order valence-corrected chi connectivity index (χ2v) is 9.38. The SMILES string of the molecule is CN(C(=O)CSc1nnc(NC(=O)[C@@H]2CC(=O)N(c3ccccc3)C2)s1)c1ccccc1. The fourth-order valence-corrected chi connectivity index (χ4v) is 4.95. The highest BCUT2D eigenvalue weighted by atomic mass is 32.2. The van der Waals surface area contributed by atoms with Gasteiger partial charge >= 0.3 is 0 Å². The molecule has 32 heavy (non-hydrogen) atoms. The van der Waals surface area contributed by atoms with Crippen LogP contribution in [0.5, 0.6) is 0 Å². The van der Waals surface area contributed by atoms with E-state index in [9.17, 15) is 14.4 Å². The van der Waals surface area contributed by atoms with Crippen LogP contribution in [0, 0.1) is 5.92 Å². The minimum absolute atomic E-state index is 0.0625. The lowest BCUT2D eigenvalue weighted by Crippen LogP contribution is -2.28. The van der Waals surface area contributed by atoms with Gasteiger partial charge < -0.3 is 15.1 Å². The van der Waals surface area contributed by atoms with Crippen molar-refractivity contribution in [2.24, 2.45) is 5.92 Å². The van der Waals surface area contributed by atoms with Crippen LogP contribution in [-0.4, -0.2) is 47.3 Å². The quantitative estimate of drug-likeness (QED) is 0.423. The lowest BCUT2D eigenvalue weighted by atomic mass is 10.1. The fraction of sp³-hybridized carbons (Fsp3) is 0.227. The molecule has 4 rings (SSSR count). The molecule has 0 saturated carbocycles. The smallest absolute Gasteiger partial charge is 0.237 e. The van der Waals surface area contributed by atoms with Crippen molar-refractivity contribution in [3.8, 4) is 0 Å². The first-order chi connectivity index (χ1) is 15.5. The summed E-state index contributed by atoms with van der Waals surface area (Å²) in [5.41, 5.74) is 1.60. The van der Waals surface area contributed by atoms with Gasteiger partial charge in [-0.1, -0.05) is 59.5 Å². The minimum atomic E-state index is -0.455. The Kier molecular flexibility index (Phi) is 6.81. The molecule has 1 N–H and O–H groups in total. The molecule has 2 aromatic carbocycles. The molecule has 164 valence electrons. The number of amides is 3. The van der Waals surface area contributed by atoms with E-state index in [2.05, 4.69) is 15.5 Å². The van der Waals surface area contributed by atoms with Crippen molar-refractivity contribution < 1.29 is 14.4 Å². The molecule has 1 saturated heterocycles. The van der Waals surface area contributed by atoms with Gasteiger partial charge in [0.25, 0.3) is 0 Å². The minimum Gasteiger partial charge on any atom is -0.315 e. The summed E-state index contributed by atoms with van der Waals surface area (Å²) in [6, 6.07) is 18.7. The summed E-state index contributed by atoms with van der Waals surface area (Å²) in [4.78, 5) is 40.6. The van der Waals surface area contributed by atoms with Gasteiger partial charge in [0.1, 0.15) is 0 Å².